The molecule has 1 saturated carbocycles. The fourth-order valence-corrected chi connectivity index (χ4v) is 4.45. The first-order valence-electron chi connectivity index (χ1n) is 7.48. The number of halogens is 1. The molecule has 1 nitrogen and oxygen atoms in total. The summed E-state index contributed by atoms with van der Waals surface area (Å²) in [5, 5.41) is 7.45. The van der Waals surface area contributed by atoms with Crippen molar-refractivity contribution in [3.63, 3.8) is 0 Å². The van der Waals surface area contributed by atoms with Gasteiger partial charge in [-0.3, -0.25) is 0 Å². The van der Waals surface area contributed by atoms with Crippen molar-refractivity contribution in [1.82, 2.24) is 5.32 Å². The summed E-state index contributed by atoms with van der Waals surface area (Å²) in [7, 11) is 0. The van der Waals surface area contributed by atoms with Gasteiger partial charge < -0.3 is 5.32 Å². The molecule has 20 heavy (non-hydrogen) atoms. The van der Waals surface area contributed by atoms with Crippen LogP contribution in [0.1, 0.15) is 38.2 Å². The third-order valence-electron chi connectivity index (χ3n) is 4.70. The van der Waals surface area contributed by atoms with E-state index in [1.54, 1.807) is 0 Å². The molecule has 0 bridgehead atoms. The van der Waals surface area contributed by atoms with Crippen LogP contribution < -0.4 is 5.32 Å². The minimum absolute atomic E-state index is 0.150. The van der Waals surface area contributed by atoms with Gasteiger partial charge >= 0.3 is 0 Å². The van der Waals surface area contributed by atoms with E-state index in [1.807, 2.05) is 11.3 Å². The van der Waals surface area contributed by atoms with Crippen LogP contribution in [0.4, 0.5) is 0 Å². The molecule has 3 heteroatoms. The second-order valence-electron chi connectivity index (χ2n) is 6.21. The molecule has 1 heterocycles. The summed E-state index contributed by atoms with van der Waals surface area (Å²) in [6.07, 6.45) is 5.01. The van der Waals surface area contributed by atoms with E-state index >= 15 is 0 Å². The van der Waals surface area contributed by atoms with Crippen LogP contribution in [0.25, 0.3) is 10.1 Å². The number of alkyl halides is 1. The van der Waals surface area contributed by atoms with Crippen molar-refractivity contribution in [1.29, 1.82) is 0 Å². The monoisotopic (exact) mass is 307 g/mol. The summed E-state index contributed by atoms with van der Waals surface area (Å²) in [5.74, 6) is 1.58. The van der Waals surface area contributed by atoms with Crippen molar-refractivity contribution < 1.29 is 0 Å². The minimum atomic E-state index is 0.150. The molecule has 1 aliphatic carbocycles. The zero-order valence-corrected chi connectivity index (χ0v) is 13.6. The third kappa shape index (κ3) is 2.88. The van der Waals surface area contributed by atoms with Crippen LogP contribution in [0, 0.1) is 5.92 Å². The molecular formula is C17H22ClNS. The van der Waals surface area contributed by atoms with Gasteiger partial charge in [0.25, 0.3) is 0 Å². The van der Waals surface area contributed by atoms with Crippen molar-refractivity contribution in [3.8, 4) is 0 Å². The molecule has 108 valence electrons. The Morgan fingerprint density at radius 3 is 2.80 bits per heavy atom. The number of nitrogens with one attached hydrogen (secondary N) is 1. The van der Waals surface area contributed by atoms with E-state index in [2.05, 4.69) is 41.9 Å². The van der Waals surface area contributed by atoms with Crippen LogP contribution in [-0.4, -0.2) is 11.4 Å². The Labute approximate surface area is 130 Å². The first-order chi connectivity index (χ1) is 9.72. The molecule has 0 saturated heterocycles. The quantitative estimate of drug-likeness (QED) is 0.768. The minimum Gasteiger partial charge on any atom is -0.306 e. The molecule has 3 rings (SSSR count). The SMILES string of the molecule is CC1CCC(CCl)(NCc2csc3ccccc23)CC1. The zero-order valence-electron chi connectivity index (χ0n) is 12.0. The first-order valence-corrected chi connectivity index (χ1v) is 8.90. The number of hydrogen-bond acceptors (Lipinski definition) is 2. The van der Waals surface area contributed by atoms with Gasteiger partial charge in [0, 0.05) is 22.7 Å². The molecule has 0 unspecified atom stereocenters. The second kappa shape index (κ2) is 6.05. The van der Waals surface area contributed by atoms with Gasteiger partial charge in [0.2, 0.25) is 0 Å². The maximum atomic E-state index is 6.28. The predicted molar refractivity (Wildman–Crippen MR) is 89.7 cm³/mol. The lowest BCUT2D eigenvalue weighted by molar-refractivity contribution is 0.216. The van der Waals surface area contributed by atoms with Crippen molar-refractivity contribution in [2.24, 2.45) is 5.92 Å². The summed E-state index contributed by atoms with van der Waals surface area (Å²) in [6.45, 7) is 3.29. The standard InChI is InChI=1S/C17H22ClNS/c1-13-6-8-17(12-18,9-7-13)19-10-14-11-20-16-5-3-2-4-15(14)16/h2-5,11,13,19H,6-10,12H2,1H3. The van der Waals surface area contributed by atoms with E-state index in [4.69, 9.17) is 11.6 Å². The van der Waals surface area contributed by atoms with Crippen LogP contribution in [0.15, 0.2) is 29.6 Å². The van der Waals surface area contributed by atoms with Gasteiger partial charge in [0.05, 0.1) is 0 Å². The normalized spacial score (nSPS) is 27.0. The molecule has 0 atom stereocenters. The summed E-state index contributed by atoms with van der Waals surface area (Å²) in [4.78, 5) is 0. The second-order valence-corrected chi connectivity index (χ2v) is 7.39. The van der Waals surface area contributed by atoms with Gasteiger partial charge in [0.1, 0.15) is 0 Å². The van der Waals surface area contributed by atoms with E-state index in [1.165, 1.54) is 41.3 Å². The maximum absolute atomic E-state index is 6.28. The van der Waals surface area contributed by atoms with E-state index in [0.29, 0.717) is 0 Å². The predicted octanol–water partition coefficient (Wildman–Crippen LogP) is 5.18. The fraction of sp³-hybridized carbons (Fsp3) is 0.529. The Morgan fingerprint density at radius 1 is 1.30 bits per heavy atom. The van der Waals surface area contributed by atoms with E-state index in [9.17, 15) is 0 Å². The molecule has 0 amide bonds. The highest BCUT2D eigenvalue weighted by Gasteiger charge is 2.32. The fourth-order valence-electron chi connectivity index (χ4n) is 3.12. The first kappa shape index (κ1) is 14.4. The average Bonchev–Trinajstić information content (AvgIpc) is 2.91. The topological polar surface area (TPSA) is 12.0 Å². The number of thiophene rings is 1. The van der Waals surface area contributed by atoms with Crippen LogP contribution in [-0.2, 0) is 6.54 Å². The van der Waals surface area contributed by atoms with Gasteiger partial charge in [-0.15, -0.1) is 22.9 Å². The number of fused-ring (bicyclic) bond motifs is 1. The Kier molecular flexibility index (Phi) is 4.34. The van der Waals surface area contributed by atoms with Crippen LogP contribution in [0.2, 0.25) is 0 Å². The lowest BCUT2D eigenvalue weighted by Crippen LogP contribution is -2.49. The zero-order chi connectivity index (χ0) is 14.0. The lowest BCUT2D eigenvalue weighted by atomic mass is 9.78. The van der Waals surface area contributed by atoms with E-state index in [-0.39, 0.29) is 5.54 Å². The maximum Gasteiger partial charge on any atom is 0.0406 e. The molecule has 1 fully saturated rings. The highest BCUT2D eigenvalue weighted by atomic mass is 35.5. The molecule has 1 aromatic carbocycles. The Balaban J connectivity index is 1.72. The Hall–Kier alpha value is -0.570. The number of benzene rings is 1. The van der Waals surface area contributed by atoms with Crippen molar-refractivity contribution in [2.75, 3.05) is 5.88 Å². The largest absolute Gasteiger partial charge is 0.306 e. The molecule has 1 N–H and O–H groups in total. The molecule has 2 aromatic rings. The lowest BCUT2D eigenvalue weighted by Gasteiger charge is -2.39. The highest BCUT2D eigenvalue weighted by molar-refractivity contribution is 7.17. The van der Waals surface area contributed by atoms with Gasteiger partial charge in [-0.25, -0.2) is 0 Å². The summed E-state index contributed by atoms with van der Waals surface area (Å²) in [5.41, 5.74) is 1.56. The third-order valence-corrected chi connectivity index (χ3v) is 6.23. The van der Waals surface area contributed by atoms with Crippen LogP contribution >= 0.6 is 22.9 Å². The van der Waals surface area contributed by atoms with E-state index < -0.39 is 0 Å². The van der Waals surface area contributed by atoms with Gasteiger partial charge in [0.15, 0.2) is 0 Å². The van der Waals surface area contributed by atoms with Crippen molar-refractivity contribution in [3.05, 3.63) is 35.2 Å². The molecule has 1 aromatic heterocycles. The molecular weight excluding hydrogens is 286 g/mol. The highest BCUT2D eigenvalue weighted by Crippen LogP contribution is 2.34. The smallest absolute Gasteiger partial charge is 0.0406 e. The van der Waals surface area contributed by atoms with Crippen LogP contribution in [0.3, 0.4) is 0 Å². The van der Waals surface area contributed by atoms with Crippen molar-refractivity contribution >= 4 is 33.0 Å². The summed E-state index contributed by atoms with van der Waals surface area (Å²) in [6, 6.07) is 8.65. The van der Waals surface area contributed by atoms with Gasteiger partial charge in [-0.05, 0) is 54.0 Å². The van der Waals surface area contributed by atoms with Gasteiger partial charge in [-0.1, -0.05) is 25.1 Å². The average molecular weight is 308 g/mol. The van der Waals surface area contributed by atoms with Crippen molar-refractivity contribution in [2.45, 2.75) is 44.7 Å². The summed E-state index contributed by atoms with van der Waals surface area (Å²) < 4.78 is 1.38. The Morgan fingerprint density at radius 2 is 2.05 bits per heavy atom. The molecule has 0 radical (unpaired) electrons. The van der Waals surface area contributed by atoms with E-state index in [0.717, 1.165) is 18.3 Å². The van der Waals surface area contributed by atoms with Gasteiger partial charge in [-0.2, -0.15) is 0 Å². The molecule has 0 spiro atoms. The Bertz CT molecular complexity index is 569. The number of rotatable bonds is 4. The molecule has 1 aliphatic rings. The summed E-state index contributed by atoms with van der Waals surface area (Å²) >= 11 is 8.12. The number of hydrogen-bond donors (Lipinski definition) is 1. The molecule has 0 aliphatic heterocycles. The van der Waals surface area contributed by atoms with Crippen LogP contribution in [0.5, 0.6) is 0 Å².